The fraction of sp³-hybridized carbons (Fsp3) is 0.364. The number of rotatable bonds is 7. The molecule has 0 heterocycles. The maximum atomic E-state index is 10.8. The van der Waals surface area contributed by atoms with Gasteiger partial charge in [-0.15, -0.1) is 0 Å². The molecular weight excluding hydrogens is 256 g/mol. The summed E-state index contributed by atoms with van der Waals surface area (Å²) in [5.74, 6) is 0.123. The number of amides is 1. The molecule has 1 aromatic rings. The van der Waals surface area contributed by atoms with Gasteiger partial charge in [-0.2, -0.15) is 0 Å². The largest absolute Gasteiger partial charge is 0.494 e. The Kier molecular flexibility index (Phi) is 5.11. The van der Waals surface area contributed by atoms with Crippen molar-refractivity contribution in [1.29, 1.82) is 0 Å². The Hall–Kier alpha value is -1.60. The van der Waals surface area contributed by atoms with Crippen molar-refractivity contribution in [2.75, 3.05) is 19.4 Å². The van der Waals surface area contributed by atoms with Gasteiger partial charge in [0.25, 0.3) is 0 Å². The van der Waals surface area contributed by atoms with Crippen molar-refractivity contribution in [3.05, 3.63) is 29.8 Å². The lowest BCUT2D eigenvalue weighted by molar-refractivity contribution is 0.1000. The Morgan fingerprint density at radius 1 is 1.33 bits per heavy atom. The van der Waals surface area contributed by atoms with E-state index >= 15 is 0 Å². The van der Waals surface area contributed by atoms with Gasteiger partial charge in [0.05, 0.1) is 12.9 Å². The molecule has 0 aliphatic rings. The van der Waals surface area contributed by atoms with E-state index in [1.807, 2.05) is 0 Å². The lowest BCUT2D eigenvalue weighted by Crippen LogP contribution is -2.24. The molecule has 0 saturated heterocycles. The average molecular weight is 272 g/mol. The molecule has 18 heavy (non-hydrogen) atoms. The molecule has 3 N–H and O–H groups in total. The molecule has 0 saturated carbocycles. The molecule has 6 nitrogen and oxygen atoms in total. The molecule has 0 fully saturated rings. The maximum absolute atomic E-state index is 10.8. The van der Waals surface area contributed by atoms with Crippen LogP contribution in [0, 0.1) is 0 Å². The molecule has 0 radical (unpaired) electrons. The highest BCUT2D eigenvalue weighted by Gasteiger charge is 2.01. The van der Waals surface area contributed by atoms with Gasteiger partial charge in [-0.1, -0.05) is 0 Å². The Labute approximate surface area is 106 Å². The molecule has 0 unspecified atom stereocenters. The first kappa shape index (κ1) is 14.5. The SMILES string of the molecule is CS(=O)(=O)NCCCOc1ccc(C(N)=O)cc1. The van der Waals surface area contributed by atoms with E-state index < -0.39 is 15.9 Å². The second kappa shape index (κ2) is 6.36. The fourth-order valence-electron chi connectivity index (χ4n) is 1.24. The highest BCUT2D eigenvalue weighted by atomic mass is 32.2. The van der Waals surface area contributed by atoms with Crippen molar-refractivity contribution in [1.82, 2.24) is 4.72 Å². The van der Waals surface area contributed by atoms with E-state index in [2.05, 4.69) is 4.72 Å². The Morgan fingerprint density at radius 3 is 2.44 bits per heavy atom. The predicted molar refractivity (Wildman–Crippen MR) is 67.9 cm³/mol. The molecule has 0 aliphatic carbocycles. The zero-order valence-electron chi connectivity index (χ0n) is 10.0. The standard InChI is InChI=1S/C11H16N2O4S/c1-18(15,16)13-7-2-8-17-10-5-3-9(4-6-10)11(12)14/h3-6,13H,2,7-8H2,1H3,(H2,12,14). The van der Waals surface area contributed by atoms with Crippen molar-refractivity contribution in [3.8, 4) is 5.75 Å². The van der Waals surface area contributed by atoms with E-state index in [0.29, 0.717) is 30.9 Å². The predicted octanol–water partition coefficient (Wildman–Crippen LogP) is 0.104. The average Bonchev–Trinajstić information content (AvgIpc) is 2.27. The number of primary amides is 1. The first-order chi connectivity index (χ1) is 8.38. The summed E-state index contributed by atoms with van der Waals surface area (Å²) in [6.07, 6.45) is 1.67. The molecule has 0 atom stereocenters. The molecule has 1 amide bonds. The van der Waals surface area contributed by atoms with Crippen LogP contribution in [0.1, 0.15) is 16.8 Å². The fourth-order valence-corrected chi connectivity index (χ4v) is 1.75. The van der Waals surface area contributed by atoms with Crippen LogP contribution in [0.5, 0.6) is 5.75 Å². The lowest BCUT2D eigenvalue weighted by Gasteiger charge is -2.06. The number of hydrogen-bond acceptors (Lipinski definition) is 4. The lowest BCUT2D eigenvalue weighted by atomic mass is 10.2. The monoisotopic (exact) mass is 272 g/mol. The number of benzene rings is 1. The smallest absolute Gasteiger partial charge is 0.248 e. The number of carbonyl (C=O) groups is 1. The van der Waals surface area contributed by atoms with Crippen molar-refractivity contribution in [3.63, 3.8) is 0 Å². The third kappa shape index (κ3) is 5.65. The van der Waals surface area contributed by atoms with Crippen molar-refractivity contribution in [2.24, 2.45) is 5.73 Å². The summed E-state index contributed by atoms with van der Waals surface area (Å²) < 4.78 is 29.3. The van der Waals surface area contributed by atoms with E-state index in [-0.39, 0.29) is 0 Å². The van der Waals surface area contributed by atoms with Crippen LogP contribution in [0.4, 0.5) is 0 Å². The van der Waals surface area contributed by atoms with E-state index in [0.717, 1.165) is 6.26 Å². The van der Waals surface area contributed by atoms with Gasteiger partial charge in [0, 0.05) is 12.1 Å². The number of carbonyl (C=O) groups excluding carboxylic acids is 1. The molecule has 1 aromatic carbocycles. The third-order valence-electron chi connectivity index (χ3n) is 2.09. The summed E-state index contributed by atoms with van der Waals surface area (Å²) in [4.78, 5) is 10.8. The minimum absolute atomic E-state index is 0.332. The molecule has 0 spiro atoms. The van der Waals surface area contributed by atoms with Crippen molar-refractivity contribution >= 4 is 15.9 Å². The molecule has 1 rings (SSSR count). The van der Waals surface area contributed by atoms with Crippen molar-refractivity contribution < 1.29 is 17.9 Å². The summed E-state index contributed by atoms with van der Waals surface area (Å²) in [5.41, 5.74) is 5.52. The first-order valence-corrected chi connectivity index (χ1v) is 7.25. The van der Waals surface area contributed by atoms with Gasteiger partial charge in [-0.05, 0) is 30.7 Å². The van der Waals surface area contributed by atoms with Crippen LogP contribution >= 0.6 is 0 Å². The third-order valence-corrected chi connectivity index (χ3v) is 2.82. The van der Waals surface area contributed by atoms with Gasteiger partial charge in [0.2, 0.25) is 15.9 Å². The number of sulfonamides is 1. The zero-order valence-corrected chi connectivity index (χ0v) is 10.9. The second-order valence-electron chi connectivity index (χ2n) is 3.76. The molecular formula is C11H16N2O4S. The van der Waals surface area contributed by atoms with Crippen LogP contribution in [0.25, 0.3) is 0 Å². The van der Waals surface area contributed by atoms with Gasteiger partial charge in [0.1, 0.15) is 5.75 Å². The first-order valence-electron chi connectivity index (χ1n) is 5.36. The van der Waals surface area contributed by atoms with Gasteiger partial charge >= 0.3 is 0 Å². The normalized spacial score (nSPS) is 11.2. The van der Waals surface area contributed by atoms with E-state index in [4.69, 9.17) is 10.5 Å². The van der Waals surface area contributed by atoms with Crippen LogP contribution in [0.3, 0.4) is 0 Å². The number of nitrogens with two attached hydrogens (primary N) is 1. The van der Waals surface area contributed by atoms with Crippen molar-refractivity contribution in [2.45, 2.75) is 6.42 Å². The summed E-state index contributed by atoms with van der Waals surface area (Å²) >= 11 is 0. The Bertz CT molecular complexity index is 496. The molecule has 0 bridgehead atoms. The van der Waals surface area contributed by atoms with Gasteiger partial charge in [-0.3, -0.25) is 4.79 Å². The number of hydrogen-bond donors (Lipinski definition) is 2. The number of ether oxygens (including phenoxy) is 1. The van der Waals surface area contributed by atoms with Gasteiger partial charge in [-0.25, -0.2) is 13.1 Å². The second-order valence-corrected chi connectivity index (χ2v) is 5.59. The van der Waals surface area contributed by atoms with Gasteiger partial charge < -0.3 is 10.5 Å². The van der Waals surface area contributed by atoms with E-state index in [9.17, 15) is 13.2 Å². The molecule has 0 aliphatic heterocycles. The minimum atomic E-state index is -3.14. The van der Waals surface area contributed by atoms with Gasteiger partial charge in [0.15, 0.2) is 0 Å². The molecule has 0 aromatic heterocycles. The van der Waals surface area contributed by atoms with E-state index in [1.54, 1.807) is 24.3 Å². The highest BCUT2D eigenvalue weighted by molar-refractivity contribution is 7.88. The van der Waals surface area contributed by atoms with Crippen LogP contribution in [-0.2, 0) is 10.0 Å². The highest BCUT2D eigenvalue weighted by Crippen LogP contribution is 2.11. The van der Waals surface area contributed by atoms with Crippen LogP contribution in [-0.4, -0.2) is 33.7 Å². The number of nitrogens with one attached hydrogen (secondary N) is 1. The Morgan fingerprint density at radius 2 is 1.94 bits per heavy atom. The minimum Gasteiger partial charge on any atom is -0.494 e. The summed E-state index contributed by atoms with van der Waals surface area (Å²) in [5, 5.41) is 0. The molecule has 100 valence electrons. The maximum Gasteiger partial charge on any atom is 0.248 e. The van der Waals surface area contributed by atoms with Crippen LogP contribution in [0.15, 0.2) is 24.3 Å². The van der Waals surface area contributed by atoms with E-state index in [1.165, 1.54) is 0 Å². The topological polar surface area (TPSA) is 98.5 Å². The summed E-state index contributed by atoms with van der Waals surface area (Å²) in [6, 6.07) is 6.44. The summed E-state index contributed by atoms with van der Waals surface area (Å²) in [7, 11) is -3.14. The molecule has 7 heteroatoms. The Balaban J connectivity index is 2.29. The van der Waals surface area contributed by atoms with Crippen LogP contribution in [0.2, 0.25) is 0 Å². The quantitative estimate of drug-likeness (QED) is 0.688. The van der Waals surface area contributed by atoms with Crippen LogP contribution < -0.4 is 15.2 Å². The summed E-state index contributed by atoms with van der Waals surface area (Å²) in [6.45, 7) is 0.719. The zero-order chi connectivity index (χ0) is 13.6.